The molecule has 3 aromatic carbocycles. The molecule has 3 aromatic rings. The van der Waals surface area contributed by atoms with E-state index in [4.69, 9.17) is 4.74 Å². The standard InChI is InChI=1S/C30H32N2O3S/c1-4-5-18-35-25-16-14-24(15-17-25)22(3)31-29(33)20-32-26-8-6-7-9-27(26)36-28(30(32)34)19-23-12-10-21(2)11-13-23/h6-17,19,22H,4-5,18,20H2,1-3H3,(H,31,33)/b28-19-/t22-/m1/s1. The first-order chi connectivity index (χ1) is 17.4. The number of benzene rings is 3. The van der Waals surface area contributed by atoms with Crippen molar-refractivity contribution in [1.29, 1.82) is 0 Å². The first kappa shape index (κ1) is 25.6. The maximum absolute atomic E-state index is 13.4. The molecule has 0 radical (unpaired) electrons. The minimum atomic E-state index is -0.212. The zero-order chi connectivity index (χ0) is 25.5. The molecule has 0 fully saturated rings. The highest BCUT2D eigenvalue weighted by atomic mass is 32.2. The predicted octanol–water partition coefficient (Wildman–Crippen LogP) is 6.53. The van der Waals surface area contributed by atoms with E-state index in [0.717, 1.165) is 45.9 Å². The minimum Gasteiger partial charge on any atom is -0.494 e. The Bertz CT molecular complexity index is 1240. The van der Waals surface area contributed by atoms with E-state index in [0.29, 0.717) is 11.5 Å². The summed E-state index contributed by atoms with van der Waals surface area (Å²) in [5, 5.41) is 3.04. The molecule has 0 unspecified atom stereocenters. The zero-order valence-corrected chi connectivity index (χ0v) is 21.8. The van der Waals surface area contributed by atoms with Crippen molar-refractivity contribution in [3.63, 3.8) is 0 Å². The molecule has 1 aliphatic rings. The van der Waals surface area contributed by atoms with E-state index in [1.165, 1.54) is 11.8 Å². The average molecular weight is 501 g/mol. The highest BCUT2D eigenvalue weighted by molar-refractivity contribution is 8.04. The molecule has 6 heteroatoms. The number of carbonyl (C=O) groups is 2. The predicted molar refractivity (Wildman–Crippen MR) is 147 cm³/mol. The molecule has 0 saturated carbocycles. The van der Waals surface area contributed by atoms with Gasteiger partial charge in [-0.2, -0.15) is 0 Å². The molecular formula is C30H32N2O3S. The van der Waals surface area contributed by atoms with Crippen molar-refractivity contribution in [3.05, 3.63) is 94.4 Å². The third-order valence-electron chi connectivity index (χ3n) is 6.03. The van der Waals surface area contributed by atoms with Gasteiger partial charge in [-0.05, 0) is 61.7 Å². The van der Waals surface area contributed by atoms with E-state index >= 15 is 0 Å². The lowest BCUT2D eigenvalue weighted by Gasteiger charge is -2.30. The van der Waals surface area contributed by atoms with Gasteiger partial charge in [0.2, 0.25) is 5.91 Å². The van der Waals surface area contributed by atoms with Gasteiger partial charge in [-0.1, -0.05) is 79.2 Å². The summed E-state index contributed by atoms with van der Waals surface area (Å²) in [7, 11) is 0. The quantitative estimate of drug-likeness (QED) is 0.268. The first-order valence-electron chi connectivity index (χ1n) is 12.3. The average Bonchev–Trinajstić information content (AvgIpc) is 2.88. The van der Waals surface area contributed by atoms with Gasteiger partial charge in [0.1, 0.15) is 12.3 Å². The number of fused-ring (bicyclic) bond motifs is 1. The summed E-state index contributed by atoms with van der Waals surface area (Å²) in [4.78, 5) is 29.6. The van der Waals surface area contributed by atoms with E-state index in [2.05, 4.69) is 12.2 Å². The summed E-state index contributed by atoms with van der Waals surface area (Å²) in [6, 6.07) is 23.3. The topological polar surface area (TPSA) is 58.6 Å². The number of nitrogens with zero attached hydrogens (tertiary/aromatic N) is 1. The molecule has 0 aromatic heterocycles. The van der Waals surface area contributed by atoms with Crippen LogP contribution >= 0.6 is 11.8 Å². The fraction of sp³-hybridized carbons (Fsp3) is 0.267. The van der Waals surface area contributed by atoms with Crippen molar-refractivity contribution < 1.29 is 14.3 Å². The van der Waals surface area contributed by atoms with Crippen LogP contribution in [0.4, 0.5) is 5.69 Å². The molecule has 186 valence electrons. The van der Waals surface area contributed by atoms with Gasteiger partial charge in [0.05, 0.1) is 23.2 Å². The van der Waals surface area contributed by atoms with Crippen LogP contribution < -0.4 is 15.0 Å². The highest BCUT2D eigenvalue weighted by Gasteiger charge is 2.30. The van der Waals surface area contributed by atoms with E-state index in [-0.39, 0.29) is 24.4 Å². The van der Waals surface area contributed by atoms with Crippen LogP contribution in [0.2, 0.25) is 0 Å². The summed E-state index contributed by atoms with van der Waals surface area (Å²) < 4.78 is 5.73. The molecule has 0 spiro atoms. The molecule has 1 heterocycles. The van der Waals surface area contributed by atoms with Crippen LogP contribution in [0.3, 0.4) is 0 Å². The molecule has 5 nitrogen and oxygen atoms in total. The number of hydrogen-bond donors (Lipinski definition) is 1. The number of para-hydroxylation sites is 1. The fourth-order valence-corrected chi connectivity index (χ4v) is 4.99. The van der Waals surface area contributed by atoms with Gasteiger partial charge < -0.3 is 10.1 Å². The Balaban J connectivity index is 1.46. The lowest BCUT2D eigenvalue weighted by atomic mass is 10.1. The number of aryl methyl sites for hydroxylation is 1. The van der Waals surface area contributed by atoms with Crippen LogP contribution in [-0.4, -0.2) is 25.0 Å². The number of anilines is 1. The molecule has 0 saturated heterocycles. The van der Waals surface area contributed by atoms with Crippen molar-refractivity contribution >= 4 is 35.3 Å². The van der Waals surface area contributed by atoms with Crippen molar-refractivity contribution in [2.75, 3.05) is 18.1 Å². The summed E-state index contributed by atoms with van der Waals surface area (Å²) in [6.45, 7) is 6.75. The Hall–Kier alpha value is -3.51. The third kappa shape index (κ3) is 6.38. The Labute approximate surface area is 217 Å². The fourth-order valence-electron chi connectivity index (χ4n) is 3.93. The van der Waals surface area contributed by atoms with Crippen LogP contribution in [0.15, 0.2) is 82.6 Å². The maximum atomic E-state index is 13.4. The van der Waals surface area contributed by atoms with Crippen molar-refractivity contribution in [2.45, 2.75) is 44.6 Å². The highest BCUT2D eigenvalue weighted by Crippen LogP contribution is 2.42. The number of unbranched alkanes of at least 4 members (excludes halogenated alkanes) is 1. The number of amides is 2. The van der Waals surface area contributed by atoms with Gasteiger partial charge in [0.15, 0.2) is 0 Å². The molecule has 0 bridgehead atoms. The molecular weight excluding hydrogens is 468 g/mol. The number of rotatable bonds is 9. The number of carbonyl (C=O) groups excluding carboxylic acids is 2. The number of thioether (sulfide) groups is 1. The summed E-state index contributed by atoms with van der Waals surface area (Å²) in [5.74, 6) is 0.442. The molecule has 2 amide bonds. The molecule has 4 rings (SSSR count). The zero-order valence-electron chi connectivity index (χ0n) is 21.0. The van der Waals surface area contributed by atoms with Gasteiger partial charge in [-0.25, -0.2) is 0 Å². The van der Waals surface area contributed by atoms with Crippen LogP contribution in [0.5, 0.6) is 5.75 Å². The monoisotopic (exact) mass is 500 g/mol. The van der Waals surface area contributed by atoms with Crippen molar-refractivity contribution in [1.82, 2.24) is 5.32 Å². The summed E-state index contributed by atoms with van der Waals surface area (Å²) in [6.07, 6.45) is 4.00. The Morgan fingerprint density at radius 3 is 2.50 bits per heavy atom. The second kappa shape index (κ2) is 12.0. The molecule has 1 N–H and O–H groups in total. The van der Waals surface area contributed by atoms with Crippen LogP contribution in [0.1, 0.15) is 49.4 Å². The van der Waals surface area contributed by atoms with Crippen molar-refractivity contribution in [2.24, 2.45) is 0 Å². The van der Waals surface area contributed by atoms with E-state index in [1.54, 1.807) is 4.90 Å². The molecule has 1 atom stereocenters. The van der Waals surface area contributed by atoms with Gasteiger partial charge in [-0.15, -0.1) is 0 Å². The Morgan fingerprint density at radius 2 is 1.78 bits per heavy atom. The molecule has 36 heavy (non-hydrogen) atoms. The number of nitrogens with one attached hydrogen (secondary N) is 1. The summed E-state index contributed by atoms with van der Waals surface area (Å²) >= 11 is 1.44. The maximum Gasteiger partial charge on any atom is 0.265 e. The van der Waals surface area contributed by atoms with E-state index in [9.17, 15) is 9.59 Å². The lowest BCUT2D eigenvalue weighted by Crippen LogP contribution is -2.43. The summed E-state index contributed by atoms with van der Waals surface area (Å²) in [5.41, 5.74) is 3.85. The normalized spacial score (nSPS) is 14.9. The molecule has 1 aliphatic heterocycles. The molecule has 0 aliphatic carbocycles. The van der Waals surface area contributed by atoms with Gasteiger partial charge in [0.25, 0.3) is 5.91 Å². The SMILES string of the molecule is CCCCOc1ccc([C@@H](C)NC(=O)CN2C(=O)/C(=C/c3ccc(C)cc3)Sc3ccccc32)cc1. The second-order valence-corrected chi connectivity index (χ2v) is 10.0. The van der Waals surface area contributed by atoms with Crippen LogP contribution in [-0.2, 0) is 9.59 Å². The number of ether oxygens (including phenoxy) is 1. The largest absolute Gasteiger partial charge is 0.494 e. The smallest absolute Gasteiger partial charge is 0.265 e. The Kier molecular flexibility index (Phi) is 8.49. The van der Waals surface area contributed by atoms with Gasteiger partial charge in [-0.3, -0.25) is 14.5 Å². The lowest BCUT2D eigenvalue weighted by molar-refractivity contribution is -0.122. The van der Waals surface area contributed by atoms with Crippen LogP contribution in [0.25, 0.3) is 6.08 Å². The van der Waals surface area contributed by atoms with Crippen molar-refractivity contribution in [3.8, 4) is 5.75 Å². The van der Waals surface area contributed by atoms with Gasteiger partial charge >= 0.3 is 0 Å². The van der Waals surface area contributed by atoms with Gasteiger partial charge in [0, 0.05) is 4.90 Å². The Morgan fingerprint density at radius 1 is 1.06 bits per heavy atom. The van der Waals surface area contributed by atoms with Crippen LogP contribution in [0, 0.1) is 6.92 Å². The third-order valence-corrected chi connectivity index (χ3v) is 7.11. The van der Waals surface area contributed by atoms with E-state index < -0.39 is 0 Å². The minimum absolute atomic E-state index is 0.0514. The van der Waals surface area contributed by atoms with E-state index in [1.807, 2.05) is 92.7 Å². The second-order valence-electron chi connectivity index (χ2n) is 8.94. The first-order valence-corrected chi connectivity index (χ1v) is 13.2. The number of hydrogen-bond acceptors (Lipinski definition) is 4.